The zero-order valence-electron chi connectivity index (χ0n) is 11.5. The van der Waals surface area contributed by atoms with Gasteiger partial charge in [0.2, 0.25) is 10.0 Å². The number of aryl methyl sites for hydroxylation is 1. The summed E-state index contributed by atoms with van der Waals surface area (Å²) in [6, 6.07) is 4.91. The summed E-state index contributed by atoms with van der Waals surface area (Å²) < 4.78 is 28.3. The fourth-order valence-electron chi connectivity index (χ4n) is 1.74. The molecule has 0 fully saturated rings. The van der Waals surface area contributed by atoms with Gasteiger partial charge in [-0.2, -0.15) is 5.10 Å². The standard InChI is InChI=1S/C12H14N4O4S/c1-9-10(7-13-15(9)2)8-14-21(19,20)12-5-3-4-11(6-12)16(17)18/h3-7,14H,8H2,1-2H3. The predicted octanol–water partition coefficient (Wildman–Crippen LogP) is 1.12. The van der Waals surface area contributed by atoms with Gasteiger partial charge in [0, 0.05) is 37.0 Å². The van der Waals surface area contributed by atoms with Crippen LogP contribution < -0.4 is 4.72 Å². The normalized spacial score (nSPS) is 11.5. The Labute approximate surface area is 121 Å². The highest BCUT2D eigenvalue weighted by atomic mass is 32.2. The first-order chi connectivity index (χ1) is 9.81. The number of hydrogen-bond donors (Lipinski definition) is 1. The Hall–Kier alpha value is -2.26. The molecule has 21 heavy (non-hydrogen) atoms. The van der Waals surface area contributed by atoms with E-state index in [2.05, 4.69) is 9.82 Å². The summed E-state index contributed by atoms with van der Waals surface area (Å²) in [4.78, 5) is 9.91. The zero-order chi connectivity index (χ0) is 15.6. The molecule has 0 aliphatic rings. The second-order valence-corrected chi connectivity index (χ2v) is 6.22. The van der Waals surface area contributed by atoms with Crippen LogP contribution in [-0.2, 0) is 23.6 Å². The van der Waals surface area contributed by atoms with Crippen molar-refractivity contribution in [2.75, 3.05) is 0 Å². The molecular formula is C12H14N4O4S. The van der Waals surface area contributed by atoms with Gasteiger partial charge in [-0.3, -0.25) is 14.8 Å². The lowest BCUT2D eigenvalue weighted by molar-refractivity contribution is -0.385. The molecule has 0 radical (unpaired) electrons. The Morgan fingerprint density at radius 3 is 2.71 bits per heavy atom. The number of hydrogen-bond acceptors (Lipinski definition) is 5. The number of benzene rings is 1. The molecule has 0 amide bonds. The summed E-state index contributed by atoms with van der Waals surface area (Å²) in [5, 5.41) is 14.7. The molecule has 0 bridgehead atoms. The highest BCUT2D eigenvalue weighted by molar-refractivity contribution is 7.89. The number of rotatable bonds is 5. The third-order valence-corrected chi connectivity index (χ3v) is 4.53. The maximum absolute atomic E-state index is 12.1. The third-order valence-electron chi connectivity index (χ3n) is 3.13. The number of nitro groups is 1. The van der Waals surface area contributed by atoms with Crippen molar-refractivity contribution in [2.24, 2.45) is 7.05 Å². The molecule has 9 heteroatoms. The van der Waals surface area contributed by atoms with Gasteiger partial charge in [0.05, 0.1) is 16.0 Å². The molecule has 112 valence electrons. The van der Waals surface area contributed by atoms with E-state index < -0.39 is 14.9 Å². The lowest BCUT2D eigenvalue weighted by Gasteiger charge is -2.06. The van der Waals surface area contributed by atoms with E-state index >= 15 is 0 Å². The van der Waals surface area contributed by atoms with E-state index in [0.29, 0.717) is 0 Å². The van der Waals surface area contributed by atoms with Crippen LogP contribution in [0.25, 0.3) is 0 Å². The average molecular weight is 310 g/mol. The molecular weight excluding hydrogens is 296 g/mol. The highest BCUT2D eigenvalue weighted by Gasteiger charge is 2.18. The highest BCUT2D eigenvalue weighted by Crippen LogP contribution is 2.17. The van der Waals surface area contributed by atoms with Crippen molar-refractivity contribution >= 4 is 15.7 Å². The molecule has 2 rings (SSSR count). The van der Waals surface area contributed by atoms with Gasteiger partial charge in [-0.1, -0.05) is 6.07 Å². The number of nitrogens with one attached hydrogen (secondary N) is 1. The first kappa shape index (κ1) is 15.1. The van der Waals surface area contributed by atoms with Crippen molar-refractivity contribution in [1.82, 2.24) is 14.5 Å². The number of aromatic nitrogens is 2. The SMILES string of the molecule is Cc1c(CNS(=O)(=O)c2cccc([N+](=O)[O-])c2)cnn1C. The Morgan fingerprint density at radius 2 is 2.14 bits per heavy atom. The Bertz CT molecular complexity index is 782. The molecule has 0 spiro atoms. The summed E-state index contributed by atoms with van der Waals surface area (Å²) >= 11 is 0. The molecule has 1 aromatic heterocycles. The van der Waals surface area contributed by atoms with E-state index in [0.717, 1.165) is 17.3 Å². The van der Waals surface area contributed by atoms with E-state index in [1.54, 1.807) is 17.9 Å². The first-order valence-corrected chi connectivity index (χ1v) is 7.51. The van der Waals surface area contributed by atoms with Gasteiger partial charge in [0.25, 0.3) is 5.69 Å². The smallest absolute Gasteiger partial charge is 0.270 e. The maximum Gasteiger partial charge on any atom is 0.270 e. The van der Waals surface area contributed by atoms with E-state index in [9.17, 15) is 18.5 Å². The van der Waals surface area contributed by atoms with Crippen molar-refractivity contribution in [3.05, 3.63) is 51.8 Å². The van der Waals surface area contributed by atoms with Crippen molar-refractivity contribution in [3.8, 4) is 0 Å². The largest absolute Gasteiger partial charge is 0.273 e. The van der Waals surface area contributed by atoms with E-state index in [1.165, 1.54) is 18.2 Å². The molecule has 0 saturated heterocycles. The van der Waals surface area contributed by atoms with E-state index in [1.807, 2.05) is 6.92 Å². The van der Waals surface area contributed by atoms with Gasteiger partial charge in [0.1, 0.15) is 0 Å². The topological polar surface area (TPSA) is 107 Å². The third kappa shape index (κ3) is 3.26. The molecule has 0 saturated carbocycles. The molecule has 0 atom stereocenters. The number of nitrogens with zero attached hydrogens (tertiary/aromatic N) is 3. The van der Waals surface area contributed by atoms with E-state index in [-0.39, 0.29) is 17.1 Å². The minimum atomic E-state index is -3.81. The van der Waals surface area contributed by atoms with Crippen LogP contribution in [0, 0.1) is 17.0 Å². The van der Waals surface area contributed by atoms with Crippen molar-refractivity contribution in [3.63, 3.8) is 0 Å². The molecule has 1 heterocycles. The second kappa shape index (κ2) is 5.62. The number of sulfonamides is 1. The lowest BCUT2D eigenvalue weighted by Crippen LogP contribution is -2.23. The summed E-state index contributed by atoms with van der Waals surface area (Å²) in [6.07, 6.45) is 1.57. The van der Waals surface area contributed by atoms with Crippen LogP contribution in [0.3, 0.4) is 0 Å². The first-order valence-electron chi connectivity index (χ1n) is 6.03. The lowest BCUT2D eigenvalue weighted by atomic mass is 10.3. The van der Waals surface area contributed by atoms with Gasteiger partial charge in [-0.05, 0) is 13.0 Å². The molecule has 2 aromatic rings. The maximum atomic E-state index is 12.1. The zero-order valence-corrected chi connectivity index (χ0v) is 12.3. The Kier molecular flexibility index (Phi) is 4.05. The summed E-state index contributed by atoms with van der Waals surface area (Å²) in [5.74, 6) is 0. The summed E-state index contributed by atoms with van der Waals surface area (Å²) in [5.41, 5.74) is 1.32. The van der Waals surface area contributed by atoms with Crippen LogP contribution in [0.5, 0.6) is 0 Å². The van der Waals surface area contributed by atoms with Crippen LogP contribution in [-0.4, -0.2) is 23.1 Å². The quantitative estimate of drug-likeness (QED) is 0.657. The minimum absolute atomic E-state index is 0.0741. The van der Waals surface area contributed by atoms with Crippen molar-refractivity contribution < 1.29 is 13.3 Å². The summed E-state index contributed by atoms with van der Waals surface area (Å²) in [7, 11) is -2.06. The van der Waals surface area contributed by atoms with Crippen LogP contribution in [0.4, 0.5) is 5.69 Å². The average Bonchev–Trinajstić information content (AvgIpc) is 2.77. The Morgan fingerprint density at radius 1 is 1.43 bits per heavy atom. The Balaban J connectivity index is 2.21. The predicted molar refractivity (Wildman–Crippen MR) is 75.1 cm³/mol. The fourth-order valence-corrected chi connectivity index (χ4v) is 2.78. The molecule has 0 aliphatic heterocycles. The van der Waals surface area contributed by atoms with Crippen molar-refractivity contribution in [2.45, 2.75) is 18.4 Å². The molecule has 0 unspecified atom stereocenters. The van der Waals surface area contributed by atoms with Crippen LogP contribution in [0.1, 0.15) is 11.3 Å². The van der Waals surface area contributed by atoms with Crippen molar-refractivity contribution in [1.29, 1.82) is 0 Å². The van der Waals surface area contributed by atoms with Gasteiger partial charge >= 0.3 is 0 Å². The van der Waals surface area contributed by atoms with Crippen LogP contribution >= 0.6 is 0 Å². The van der Waals surface area contributed by atoms with Crippen LogP contribution in [0.15, 0.2) is 35.4 Å². The molecule has 1 N–H and O–H groups in total. The summed E-state index contributed by atoms with van der Waals surface area (Å²) in [6.45, 7) is 1.90. The molecule has 1 aromatic carbocycles. The van der Waals surface area contributed by atoms with Gasteiger partial charge in [-0.25, -0.2) is 13.1 Å². The van der Waals surface area contributed by atoms with Gasteiger partial charge < -0.3 is 0 Å². The fraction of sp³-hybridized carbons (Fsp3) is 0.250. The second-order valence-electron chi connectivity index (χ2n) is 4.46. The molecule has 8 nitrogen and oxygen atoms in total. The van der Waals surface area contributed by atoms with E-state index in [4.69, 9.17) is 0 Å². The van der Waals surface area contributed by atoms with Gasteiger partial charge in [-0.15, -0.1) is 0 Å². The number of non-ortho nitro benzene ring substituents is 1. The van der Waals surface area contributed by atoms with Crippen LogP contribution in [0.2, 0.25) is 0 Å². The minimum Gasteiger partial charge on any atom is -0.273 e. The number of nitro benzene ring substituents is 1. The van der Waals surface area contributed by atoms with Gasteiger partial charge in [0.15, 0.2) is 0 Å². The molecule has 0 aliphatic carbocycles. The monoisotopic (exact) mass is 310 g/mol.